The molecule has 0 aliphatic carbocycles. The fraction of sp³-hybridized carbons (Fsp3) is 0.875. The average molecular weight is 194 g/mol. The second-order valence-corrected chi connectivity index (χ2v) is 3.97. The predicted octanol–water partition coefficient (Wildman–Crippen LogP) is 0.871. The first-order valence-corrected chi connectivity index (χ1v) is 4.07. The molecule has 0 rings (SSSR count). The summed E-state index contributed by atoms with van der Waals surface area (Å²) in [7, 11) is 0. The van der Waals surface area contributed by atoms with Crippen LogP contribution in [0.3, 0.4) is 0 Å². The van der Waals surface area contributed by atoms with Crippen LogP contribution in [0.2, 0.25) is 0 Å². The number of primary amides is 1. The van der Waals surface area contributed by atoms with Crippen molar-refractivity contribution in [2.45, 2.75) is 39.2 Å². The summed E-state index contributed by atoms with van der Waals surface area (Å²) in [5.74, 6) is -0.651. The molecular weight excluding hydrogens is 178 g/mol. The smallest absolute Gasteiger partial charge is 0.239 e. The summed E-state index contributed by atoms with van der Waals surface area (Å²) in [5.41, 5.74) is 9.63. The van der Waals surface area contributed by atoms with E-state index >= 15 is 0 Å². The largest absolute Gasteiger partial charge is 0.368 e. The molecule has 0 aliphatic heterocycles. The third-order valence-electron chi connectivity index (χ3n) is 1.84. The Labute approximate surface area is 76.5 Å². The first kappa shape index (κ1) is 12.3. The maximum Gasteiger partial charge on any atom is 0.239 e. The monoisotopic (exact) mass is 194 g/mol. The van der Waals surface area contributed by atoms with E-state index in [-0.39, 0.29) is 12.8 Å². The zero-order valence-corrected chi connectivity index (χ0v) is 7.89. The summed E-state index contributed by atoms with van der Waals surface area (Å²) < 4.78 is 24.0. The Bertz CT molecular complexity index is 183. The van der Waals surface area contributed by atoms with Gasteiger partial charge >= 0.3 is 0 Å². The van der Waals surface area contributed by atoms with Crippen LogP contribution in [0.1, 0.15) is 26.7 Å². The lowest BCUT2D eigenvalue weighted by Crippen LogP contribution is -2.40. The zero-order valence-electron chi connectivity index (χ0n) is 7.89. The summed E-state index contributed by atoms with van der Waals surface area (Å²) in [6.07, 6.45) is -2.46. The molecule has 0 aromatic heterocycles. The van der Waals surface area contributed by atoms with E-state index in [2.05, 4.69) is 0 Å². The number of rotatable bonds is 5. The van der Waals surface area contributed by atoms with E-state index in [0.717, 1.165) is 0 Å². The number of halogens is 2. The third-order valence-corrected chi connectivity index (χ3v) is 1.84. The summed E-state index contributed by atoms with van der Waals surface area (Å²) in [5, 5.41) is 0. The van der Waals surface area contributed by atoms with Gasteiger partial charge < -0.3 is 11.5 Å². The van der Waals surface area contributed by atoms with Crippen LogP contribution in [0, 0.1) is 5.41 Å². The van der Waals surface area contributed by atoms with Crippen molar-refractivity contribution in [2.24, 2.45) is 16.9 Å². The SMILES string of the molecule is CC(C)(CC(F)F)CC(N)C(N)=O. The number of carbonyl (C=O) groups excluding carboxylic acids is 1. The van der Waals surface area contributed by atoms with Crippen molar-refractivity contribution in [1.82, 2.24) is 0 Å². The molecule has 0 saturated carbocycles. The topological polar surface area (TPSA) is 69.1 Å². The van der Waals surface area contributed by atoms with Crippen LogP contribution in [0.25, 0.3) is 0 Å². The molecule has 0 fully saturated rings. The first-order chi connectivity index (χ1) is 5.74. The minimum absolute atomic E-state index is 0.187. The normalized spacial score (nSPS) is 14.6. The molecular formula is C8H16F2N2O. The van der Waals surface area contributed by atoms with Gasteiger partial charge in [0, 0.05) is 6.42 Å². The number of hydrogen-bond acceptors (Lipinski definition) is 2. The summed E-state index contributed by atoms with van der Waals surface area (Å²) in [4.78, 5) is 10.6. The quantitative estimate of drug-likeness (QED) is 0.681. The van der Waals surface area contributed by atoms with Gasteiger partial charge in [0.15, 0.2) is 0 Å². The number of hydrogen-bond donors (Lipinski definition) is 2. The Kier molecular flexibility index (Phi) is 4.26. The van der Waals surface area contributed by atoms with Crippen LogP contribution in [0.5, 0.6) is 0 Å². The number of alkyl halides is 2. The first-order valence-electron chi connectivity index (χ1n) is 4.07. The van der Waals surface area contributed by atoms with Crippen LogP contribution in [0.15, 0.2) is 0 Å². The highest BCUT2D eigenvalue weighted by atomic mass is 19.3. The van der Waals surface area contributed by atoms with Gasteiger partial charge in [0.1, 0.15) is 0 Å². The van der Waals surface area contributed by atoms with Crippen molar-refractivity contribution in [3.63, 3.8) is 0 Å². The van der Waals surface area contributed by atoms with Crippen LogP contribution in [0.4, 0.5) is 8.78 Å². The van der Waals surface area contributed by atoms with E-state index in [1.807, 2.05) is 0 Å². The van der Waals surface area contributed by atoms with Crippen LogP contribution < -0.4 is 11.5 Å². The number of carbonyl (C=O) groups is 1. The average Bonchev–Trinajstić information content (AvgIpc) is 1.81. The van der Waals surface area contributed by atoms with Gasteiger partial charge in [0.25, 0.3) is 0 Å². The van der Waals surface area contributed by atoms with Crippen molar-refractivity contribution in [3.8, 4) is 0 Å². The highest BCUT2D eigenvalue weighted by molar-refractivity contribution is 5.79. The van der Waals surface area contributed by atoms with Crippen molar-refractivity contribution in [2.75, 3.05) is 0 Å². The number of nitrogens with two attached hydrogens (primary N) is 2. The molecule has 0 saturated heterocycles. The van der Waals surface area contributed by atoms with Crippen molar-refractivity contribution >= 4 is 5.91 Å². The second-order valence-electron chi connectivity index (χ2n) is 3.97. The van der Waals surface area contributed by atoms with E-state index < -0.39 is 23.8 Å². The van der Waals surface area contributed by atoms with Gasteiger partial charge in [-0.2, -0.15) is 0 Å². The Morgan fingerprint density at radius 1 is 1.38 bits per heavy atom. The van der Waals surface area contributed by atoms with E-state index in [1.165, 1.54) is 0 Å². The molecule has 1 unspecified atom stereocenters. The lowest BCUT2D eigenvalue weighted by Gasteiger charge is -2.26. The molecule has 1 amide bonds. The number of amides is 1. The zero-order chi connectivity index (χ0) is 10.6. The standard InChI is InChI=1S/C8H16F2N2O/c1-8(2,4-6(9)10)3-5(11)7(12)13/h5-6H,3-4,11H2,1-2H3,(H2,12,13). The highest BCUT2D eigenvalue weighted by Crippen LogP contribution is 2.29. The molecule has 1 atom stereocenters. The van der Waals surface area contributed by atoms with Gasteiger partial charge in [-0.15, -0.1) is 0 Å². The fourth-order valence-electron chi connectivity index (χ4n) is 1.20. The molecule has 0 spiro atoms. The Balaban J connectivity index is 4.08. The summed E-state index contributed by atoms with van der Waals surface area (Å²) in [6.45, 7) is 3.28. The van der Waals surface area contributed by atoms with E-state index in [0.29, 0.717) is 0 Å². The van der Waals surface area contributed by atoms with Crippen LogP contribution >= 0.6 is 0 Å². The summed E-state index contributed by atoms with van der Waals surface area (Å²) >= 11 is 0. The molecule has 13 heavy (non-hydrogen) atoms. The van der Waals surface area contributed by atoms with E-state index in [9.17, 15) is 13.6 Å². The molecule has 3 nitrogen and oxygen atoms in total. The predicted molar refractivity (Wildman–Crippen MR) is 46.2 cm³/mol. The molecule has 0 radical (unpaired) electrons. The van der Waals surface area contributed by atoms with Crippen molar-refractivity contribution < 1.29 is 13.6 Å². The molecule has 0 heterocycles. The van der Waals surface area contributed by atoms with E-state index in [4.69, 9.17) is 11.5 Å². The molecule has 0 aliphatic rings. The minimum Gasteiger partial charge on any atom is -0.368 e. The van der Waals surface area contributed by atoms with Crippen molar-refractivity contribution in [1.29, 1.82) is 0 Å². The lowest BCUT2D eigenvalue weighted by molar-refractivity contribution is -0.120. The van der Waals surface area contributed by atoms with Gasteiger partial charge in [-0.3, -0.25) is 4.79 Å². The van der Waals surface area contributed by atoms with E-state index in [1.54, 1.807) is 13.8 Å². The minimum atomic E-state index is -2.38. The Morgan fingerprint density at radius 2 is 1.85 bits per heavy atom. The molecule has 0 aromatic rings. The lowest BCUT2D eigenvalue weighted by atomic mass is 9.83. The van der Waals surface area contributed by atoms with Gasteiger partial charge in [-0.25, -0.2) is 8.78 Å². The maximum atomic E-state index is 12.0. The molecule has 5 heteroatoms. The van der Waals surface area contributed by atoms with Crippen LogP contribution in [-0.4, -0.2) is 18.4 Å². The van der Waals surface area contributed by atoms with Gasteiger partial charge in [0.2, 0.25) is 12.3 Å². The van der Waals surface area contributed by atoms with Crippen LogP contribution in [-0.2, 0) is 4.79 Å². The molecule has 78 valence electrons. The molecule has 0 aromatic carbocycles. The fourth-order valence-corrected chi connectivity index (χ4v) is 1.20. The molecule has 0 bridgehead atoms. The third kappa shape index (κ3) is 5.52. The molecule has 4 N–H and O–H groups in total. The van der Waals surface area contributed by atoms with Gasteiger partial charge in [-0.1, -0.05) is 13.8 Å². The Hall–Kier alpha value is -0.710. The second kappa shape index (κ2) is 4.50. The van der Waals surface area contributed by atoms with Gasteiger partial charge in [-0.05, 0) is 11.8 Å². The Morgan fingerprint density at radius 3 is 2.15 bits per heavy atom. The van der Waals surface area contributed by atoms with Crippen molar-refractivity contribution in [3.05, 3.63) is 0 Å². The highest BCUT2D eigenvalue weighted by Gasteiger charge is 2.27. The van der Waals surface area contributed by atoms with Gasteiger partial charge in [0.05, 0.1) is 6.04 Å². The summed E-state index contributed by atoms with van der Waals surface area (Å²) in [6, 6.07) is -0.839. The maximum absolute atomic E-state index is 12.0.